The molecule has 2 rings (SSSR count). The van der Waals surface area contributed by atoms with Crippen LogP contribution in [0.15, 0.2) is 28.7 Å². The van der Waals surface area contributed by atoms with Gasteiger partial charge in [0.15, 0.2) is 5.58 Å². The number of benzene rings is 1. The van der Waals surface area contributed by atoms with Crippen LogP contribution < -0.4 is 0 Å². The van der Waals surface area contributed by atoms with Crippen molar-refractivity contribution in [1.29, 1.82) is 0 Å². The lowest BCUT2D eigenvalue weighted by Gasteiger charge is -1.85. The fraction of sp³-hybridized carbons (Fsp3) is 0.111. The molecule has 0 atom stereocenters. The van der Waals surface area contributed by atoms with Crippen LogP contribution in [0, 0.1) is 0 Å². The van der Waals surface area contributed by atoms with E-state index in [1.165, 1.54) is 0 Å². The van der Waals surface area contributed by atoms with Crippen molar-refractivity contribution >= 4 is 16.9 Å². The van der Waals surface area contributed by atoms with Crippen LogP contribution in [0.5, 0.6) is 0 Å². The molecule has 0 aliphatic carbocycles. The fourth-order valence-electron chi connectivity index (χ4n) is 1.06. The molecule has 0 aliphatic heterocycles. The number of aliphatic hydroxyl groups is 1. The van der Waals surface area contributed by atoms with Crippen molar-refractivity contribution in [2.24, 2.45) is 0 Å². The van der Waals surface area contributed by atoms with Crippen molar-refractivity contribution in [3.63, 3.8) is 0 Å². The van der Waals surface area contributed by atoms with Crippen molar-refractivity contribution < 1.29 is 14.3 Å². The minimum absolute atomic E-state index is 0.0382. The molecule has 66 valence electrons. The maximum Gasteiger partial charge on any atom is 0.266 e. The second-order valence-electron chi connectivity index (χ2n) is 2.57. The summed E-state index contributed by atoms with van der Waals surface area (Å²) in [7, 11) is 0. The Morgan fingerprint density at radius 2 is 2.23 bits per heavy atom. The Labute approximate surface area is 73.8 Å². The summed E-state index contributed by atoms with van der Waals surface area (Å²) in [4.78, 5) is 14.9. The summed E-state index contributed by atoms with van der Waals surface area (Å²) >= 11 is 0. The van der Waals surface area contributed by atoms with Gasteiger partial charge in [-0.05, 0) is 12.1 Å². The van der Waals surface area contributed by atoms with Gasteiger partial charge in [-0.1, -0.05) is 12.1 Å². The molecule has 0 saturated carbocycles. The quantitative estimate of drug-likeness (QED) is 0.695. The molecule has 4 heteroatoms. The maximum atomic E-state index is 11.0. The fourth-order valence-corrected chi connectivity index (χ4v) is 1.06. The monoisotopic (exact) mass is 177 g/mol. The van der Waals surface area contributed by atoms with Crippen LogP contribution in [0.3, 0.4) is 0 Å². The third-order valence-corrected chi connectivity index (χ3v) is 1.68. The van der Waals surface area contributed by atoms with Crippen LogP contribution in [0.2, 0.25) is 0 Å². The van der Waals surface area contributed by atoms with Gasteiger partial charge in [0.2, 0.25) is 5.78 Å². The zero-order valence-corrected chi connectivity index (χ0v) is 6.73. The van der Waals surface area contributed by atoms with Gasteiger partial charge in [-0.15, -0.1) is 0 Å². The average molecular weight is 177 g/mol. The van der Waals surface area contributed by atoms with Crippen molar-refractivity contribution in [3.8, 4) is 0 Å². The number of Topliss-reactive ketones (excluding diaryl/α,β-unsaturated/α-hetero) is 1. The third kappa shape index (κ3) is 1.31. The van der Waals surface area contributed by atoms with E-state index >= 15 is 0 Å². The van der Waals surface area contributed by atoms with Crippen LogP contribution in [0.1, 0.15) is 10.7 Å². The van der Waals surface area contributed by atoms with Crippen molar-refractivity contribution in [3.05, 3.63) is 30.2 Å². The highest BCUT2D eigenvalue weighted by atomic mass is 16.4. The number of carbonyl (C=O) groups is 1. The van der Waals surface area contributed by atoms with Crippen molar-refractivity contribution in [2.45, 2.75) is 0 Å². The van der Waals surface area contributed by atoms with E-state index in [1.807, 2.05) is 0 Å². The lowest BCUT2D eigenvalue weighted by Crippen LogP contribution is -2.03. The molecule has 0 amide bonds. The first kappa shape index (κ1) is 7.94. The minimum atomic E-state index is -0.577. The predicted octanol–water partition coefficient (Wildman–Crippen LogP) is 1.00. The SMILES string of the molecule is O=C(CO)c1nc2ccccc2o1. The summed E-state index contributed by atoms with van der Waals surface area (Å²) < 4.78 is 5.10. The molecule has 0 fully saturated rings. The Morgan fingerprint density at radius 1 is 1.46 bits per heavy atom. The number of oxazole rings is 1. The standard InChI is InChI=1S/C9H7NO3/c11-5-7(12)9-10-6-3-1-2-4-8(6)13-9/h1-4,11H,5H2. The number of rotatable bonds is 2. The molecule has 1 aromatic heterocycles. The minimum Gasteiger partial charge on any atom is -0.434 e. The van der Waals surface area contributed by atoms with Gasteiger partial charge in [0.05, 0.1) is 0 Å². The molecule has 13 heavy (non-hydrogen) atoms. The van der Waals surface area contributed by atoms with Gasteiger partial charge in [-0.25, -0.2) is 4.98 Å². The van der Waals surface area contributed by atoms with Crippen molar-refractivity contribution in [1.82, 2.24) is 4.98 Å². The average Bonchev–Trinajstić information content (AvgIpc) is 2.59. The first-order chi connectivity index (χ1) is 6.31. The molecule has 1 aromatic carbocycles. The molecular formula is C9H7NO3. The predicted molar refractivity (Wildman–Crippen MR) is 45.4 cm³/mol. The summed E-state index contributed by atoms with van der Waals surface area (Å²) in [6.45, 7) is -0.577. The number of hydrogen-bond donors (Lipinski definition) is 1. The van der Waals surface area contributed by atoms with Crippen LogP contribution in [0.4, 0.5) is 0 Å². The normalized spacial score (nSPS) is 10.5. The van der Waals surface area contributed by atoms with Crippen LogP contribution in [-0.4, -0.2) is 22.5 Å². The van der Waals surface area contributed by atoms with Gasteiger partial charge in [-0.3, -0.25) is 4.79 Å². The van der Waals surface area contributed by atoms with E-state index in [0.29, 0.717) is 11.1 Å². The second-order valence-corrected chi connectivity index (χ2v) is 2.57. The Morgan fingerprint density at radius 3 is 2.92 bits per heavy atom. The number of ketones is 1. The molecule has 0 radical (unpaired) electrons. The van der Waals surface area contributed by atoms with Gasteiger partial charge in [0.25, 0.3) is 5.89 Å². The van der Waals surface area contributed by atoms with E-state index in [0.717, 1.165) is 0 Å². The molecule has 1 N–H and O–H groups in total. The van der Waals surface area contributed by atoms with Gasteiger partial charge in [0.1, 0.15) is 12.1 Å². The van der Waals surface area contributed by atoms with Crippen LogP contribution >= 0.6 is 0 Å². The number of carbonyl (C=O) groups excluding carboxylic acids is 1. The first-order valence-electron chi connectivity index (χ1n) is 3.81. The van der Waals surface area contributed by atoms with E-state index in [-0.39, 0.29) is 5.89 Å². The van der Waals surface area contributed by atoms with Gasteiger partial charge in [-0.2, -0.15) is 0 Å². The number of nitrogens with zero attached hydrogens (tertiary/aromatic N) is 1. The molecule has 4 nitrogen and oxygen atoms in total. The smallest absolute Gasteiger partial charge is 0.266 e. The summed E-state index contributed by atoms with van der Waals surface area (Å²) in [6.07, 6.45) is 0. The molecule has 0 saturated heterocycles. The number of para-hydroxylation sites is 2. The zero-order chi connectivity index (χ0) is 9.26. The molecule has 1 heterocycles. The highest BCUT2D eigenvalue weighted by Gasteiger charge is 2.11. The van der Waals surface area contributed by atoms with E-state index in [2.05, 4.69) is 4.98 Å². The van der Waals surface area contributed by atoms with E-state index in [4.69, 9.17) is 9.52 Å². The van der Waals surface area contributed by atoms with Gasteiger partial charge < -0.3 is 9.52 Å². The van der Waals surface area contributed by atoms with Gasteiger partial charge >= 0.3 is 0 Å². The number of fused-ring (bicyclic) bond motifs is 1. The molecule has 0 bridgehead atoms. The zero-order valence-electron chi connectivity index (χ0n) is 6.73. The van der Waals surface area contributed by atoms with E-state index in [9.17, 15) is 4.79 Å². The number of aliphatic hydroxyl groups excluding tert-OH is 1. The first-order valence-corrected chi connectivity index (χ1v) is 3.81. The maximum absolute atomic E-state index is 11.0. The highest BCUT2D eigenvalue weighted by molar-refractivity contribution is 5.94. The Hall–Kier alpha value is -1.68. The molecule has 0 spiro atoms. The molecule has 2 aromatic rings. The molecule has 0 unspecified atom stereocenters. The Bertz CT molecular complexity index is 414. The highest BCUT2D eigenvalue weighted by Crippen LogP contribution is 2.14. The third-order valence-electron chi connectivity index (χ3n) is 1.68. The molecule has 0 aliphatic rings. The molecular weight excluding hydrogens is 170 g/mol. The summed E-state index contributed by atoms with van der Waals surface area (Å²) in [5.74, 6) is -0.542. The Balaban J connectivity index is 2.56. The second kappa shape index (κ2) is 2.99. The van der Waals surface area contributed by atoms with Gasteiger partial charge in [0, 0.05) is 0 Å². The summed E-state index contributed by atoms with van der Waals surface area (Å²) in [5.41, 5.74) is 1.18. The lowest BCUT2D eigenvalue weighted by atomic mass is 10.3. The Kier molecular flexibility index (Phi) is 1.83. The topological polar surface area (TPSA) is 63.3 Å². The van der Waals surface area contributed by atoms with E-state index < -0.39 is 12.4 Å². The summed E-state index contributed by atoms with van der Waals surface area (Å²) in [6, 6.07) is 7.06. The van der Waals surface area contributed by atoms with E-state index in [1.54, 1.807) is 24.3 Å². The lowest BCUT2D eigenvalue weighted by molar-refractivity contribution is 0.0871. The van der Waals surface area contributed by atoms with Crippen LogP contribution in [0.25, 0.3) is 11.1 Å². The van der Waals surface area contributed by atoms with Crippen LogP contribution in [-0.2, 0) is 0 Å². The van der Waals surface area contributed by atoms with Crippen molar-refractivity contribution in [2.75, 3.05) is 6.61 Å². The number of hydrogen-bond acceptors (Lipinski definition) is 4. The number of aromatic nitrogens is 1. The summed E-state index contributed by atoms with van der Waals surface area (Å²) in [5, 5.41) is 8.56. The largest absolute Gasteiger partial charge is 0.434 e.